The molecular weight excluding hydrogens is 683 g/mol. The van der Waals surface area contributed by atoms with E-state index in [1.165, 1.54) is 16.7 Å². The molecule has 0 spiro atoms. The maximum absolute atomic E-state index is 9.60. The Balaban J connectivity index is 1.46. The minimum Gasteiger partial charge on any atom is -0.248 e. The van der Waals surface area contributed by atoms with Gasteiger partial charge in [0, 0.05) is 41.1 Å². The maximum atomic E-state index is 9.60. The first-order valence-corrected chi connectivity index (χ1v) is 19.2. The largest absolute Gasteiger partial charge is 0.248 e. The van der Waals surface area contributed by atoms with Crippen LogP contribution in [0.1, 0.15) is 45.0 Å². The van der Waals surface area contributed by atoms with Gasteiger partial charge in [0.2, 0.25) is 0 Å². The standard InChI is InChI=1S/C48H33N3S2/c1-29-4-12-33(13-5-29)45-37-20-21-38(50-37)46(34-14-6-30(2)7-15-34)43-26-27-44(53-43)48(36-18-10-32(28-49)11-19-36)40-23-22-39(51-40)47(42-25-24-41(45)52-42)35-16-8-31(3)9-17-35/h4-27H,1-3H3. The van der Waals surface area contributed by atoms with E-state index in [-0.39, 0.29) is 0 Å². The molecular formula is C48H33N3S2. The summed E-state index contributed by atoms with van der Waals surface area (Å²) in [5.74, 6) is 0. The highest BCUT2D eigenvalue weighted by molar-refractivity contribution is 7.24. The molecule has 2 aliphatic heterocycles. The van der Waals surface area contributed by atoms with E-state index in [0.29, 0.717) is 5.56 Å². The van der Waals surface area contributed by atoms with E-state index >= 15 is 0 Å². The van der Waals surface area contributed by atoms with E-state index < -0.39 is 0 Å². The third-order valence-electron chi connectivity index (χ3n) is 9.83. The zero-order chi connectivity index (χ0) is 36.1. The van der Waals surface area contributed by atoms with Crippen LogP contribution in [0, 0.1) is 32.1 Å². The molecule has 3 nitrogen and oxygen atoms in total. The SMILES string of the molecule is Cc1ccc(-c2c3nc(c(-c4ccc(C)cc4)c4ccc(s4)c(-c4ccc(C#N)cc4)c4nc(c(-c5ccc(C)cc5)c5ccc2s5)C=C4)C=C3)cc1. The number of nitriles is 1. The van der Waals surface area contributed by atoms with E-state index in [9.17, 15) is 5.26 Å². The highest BCUT2D eigenvalue weighted by Gasteiger charge is 2.19. The van der Waals surface area contributed by atoms with Crippen LogP contribution < -0.4 is 0 Å². The Morgan fingerprint density at radius 3 is 0.906 bits per heavy atom. The summed E-state index contributed by atoms with van der Waals surface area (Å²) in [5, 5.41) is 9.60. The molecule has 0 saturated carbocycles. The summed E-state index contributed by atoms with van der Waals surface area (Å²) in [4.78, 5) is 10.9. The lowest BCUT2D eigenvalue weighted by Gasteiger charge is -2.07. The van der Waals surface area contributed by atoms with E-state index in [1.54, 1.807) is 22.7 Å². The van der Waals surface area contributed by atoms with Gasteiger partial charge in [-0.1, -0.05) is 102 Å². The molecule has 2 aliphatic rings. The van der Waals surface area contributed by atoms with Gasteiger partial charge < -0.3 is 0 Å². The summed E-state index contributed by atoms with van der Waals surface area (Å²) < 4.78 is 4.51. The zero-order valence-electron chi connectivity index (χ0n) is 29.5. The topological polar surface area (TPSA) is 49.6 Å². The molecule has 4 aromatic carbocycles. The van der Waals surface area contributed by atoms with Crippen molar-refractivity contribution in [1.29, 1.82) is 5.26 Å². The first-order valence-electron chi connectivity index (χ1n) is 17.6. The number of aromatic nitrogens is 2. The molecule has 0 saturated heterocycles. The first kappa shape index (κ1) is 32.7. The van der Waals surface area contributed by atoms with Gasteiger partial charge in [-0.2, -0.15) is 5.26 Å². The zero-order valence-corrected chi connectivity index (χ0v) is 31.1. The van der Waals surface area contributed by atoms with E-state index in [2.05, 4.69) is 148 Å². The Hall–Kier alpha value is -6.19. The van der Waals surface area contributed by atoms with Crippen molar-refractivity contribution in [2.75, 3.05) is 0 Å². The van der Waals surface area contributed by atoms with Crippen LogP contribution in [-0.4, -0.2) is 9.97 Å². The Bertz CT molecular complexity index is 2780. The number of hydrogen-bond acceptors (Lipinski definition) is 5. The van der Waals surface area contributed by atoms with Crippen LogP contribution in [0.4, 0.5) is 0 Å². The third-order valence-corrected chi connectivity index (χ3v) is 12.1. The Kier molecular flexibility index (Phi) is 8.28. The van der Waals surface area contributed by atoms with E-state index in [1.807, 2.05) is 24.3 Å². The predicted octanol–water partition coefficient (Wildman–Crippen LogP) is 13.6. The second kappa shape index (κ2) is 13.4. The van der Waals surface area contributed by atoms with E-state index in [4.69, 9.17) is 9.97 Å². The maximum Gasteiger partial charge on any atom is 0.0991 e. The van der Waals surface area contributed by atoms with Gasteiger partial charge in [0.05, 0.1) is 34.4 Å². The summed E-state index contributed by atoms with van der Waals surface area (Å²) >= 11 is 3.53. The number of rotatable bonds is 4. The summed E-state index contributed by atoms with van der Waals surface area (Å²) in [6.45, 7) is 6.37. The minimum absolute atomic E-state index is 0.629. The molecule has 9 rings (SSSR count). The van der Waals surface area contributed by atoms with Gasteiger partial charge in [0.15, 0.2) is 0 Å². The molecule has 5 heterocycles. The van der Waals surface area contributed by atoms with Crippen molar-refractivity contribution in [2.45, 2.75) is 20.8 Å². The molecule has 3 aromatic heterocycles. The molecule has 7 aromatic rings. The van der Waals surface area contributed by atoms with Gasteiger partial charge in [0.1, 0.15) is 0 Å². The number of nitrogens with zero attached hydrogens (tertiary/aromatic N) is 3. The quantitative estimate of drug-likeness (QED) is 0.182. The first-order chi connectivity index (χ1) is 25.9. The number of benzene rings is 4. The van der Waals surface area contributed by atoms with Crippen molar-refractivity contribution < 1.29 is 0 Å². The fraction of sp³-hybridized carbons (Fsp3) is 0.0625. The summed E-state index contributed by atoms with van der Waals surface area (Å²) in [6.07, 6.45) is 8.64. The second-order valence-electron chi connectivity index (χ2n) is 13.5. The van der Waals surface area contributed by atoms with Crippen LogP contribution in [0.5, 0.6) is 0 Å². The molecule has 53 heavy (non-hydrogen) atoms. The second-order valence-corrected chi connectivity index (χ2v) is 15.7. The average Bonchev–Trinajstić information content (AvgIpc) is 4.02. The fourth-order valence-electron chi connectivity index (χ4n) is 7.03. The Labute approximate surface area is 317 Å². The molecule has 8 bridgehead atoms. The molecule has 0 N–H and O–H groups in total. The lowest BCUT2D eigenvalue weighted by molar-refractivity contribution is 1.33. The molecule has 5 heteroatoms. The molecule has 0 aliphatic carbocycles. The van der Waals surface area contributed by atoms with Crippen molar-refractivity contribution in [2.24, 2.45) is 0 Å². The molecule has 252 valence electrons. The fourth-order valence-corrected chi connectivity index (χ4v) is 9.35. The Morgan fingerprint density at radius 1 is 0.377 bits per heavy atom. The van der Waals surface area contributed by atoms with Crippen molar-refractivity contribution in [3.8, 4) is 50.6 Å². The van der Waals surface area contributed by atoms with Gasteiger partial charge >= 0.3 is 0 Å². The number of hydrogen-bond donors (Lipinski definition) is 0. The third kappa shape index (κ3) is 6.13. The highest BCUT2D eigenvalue weighted by Crippen LogP contribution is 2.43. The number of fused-ring (bicyclic) bond motifs is 8. The van der Waals surface area contributed by atoms with Crippen molar-refractivity contribution in [3.63, 3.8) is 0 Å². The van der Waals surface area contributed by atoms with Crippen LogP contribution in [0.25, 0.3) is 87.6 Å². The molecule has 0 amide bonds. The normalized spacial score (nSPS) is 11.9. The highest BCUT2D eigenvalue weighted by atomic mass is 32.1. The van der Waals surface area contributed by atoms with Gasteiger partial charge in [0.25, 0.3) is 0 Å². The summed E-state index contributed by atoms with van der Waals surface area (Å²) in [7, 11) is 0. The number of aryl methyl sites for hydroxylation is 3. The smallest absolute Gasteiger partial charge is 0.0991 e. The van der Waals surface area contributed by atoms with Crippen LogP contribution in [-0.2, 0) is 0 Å². The molecule has 0 unspecified atom stereocenters. The lowest BCUT2D eigenvalue weighted by atomic mass is 10.0. The van der Waals surface area contributed by atoms with Crippen LogP contribution >= 0.6 is 22.7 Å². The number of thiophene rings is 2. The van der Waals surface area contributed by atoms with Crippen molar-refractivity contribution in [1.82, 2.24) is 9.97 Å². The summed E-state index contributed by atoms with van der Waals surface area (Å²) in [5.41, 5.74) is 16.7. The van der Waals surface area contributed by atoms with Gasteiger partial charge in [-0.3, -0.25) is 0 Å². The van der Waals surface area contributed by atoms with Gasteiger partial charge in [-0.25, -0.2) is 9.97 Å². The van der Waals surface area contributed by atoms with Gasteiger partial charge in [-0.05, 0) is 104 Å². The molecule has 0 fully saturated rings. The Morgan fingerprint density at radius 2 is 0.642 bits per heavy atom. The summed E-state index contributed by atoms with van der Waals surface area (Å²) in [6, 6.07) is 45.3. The van der Waals surface area contributed by atoms with E-state index in [0.717, 1.165) is 86.1 Å². The molecule has 0 radical (unpaired) electrons. The van der Waals surface area contributed by atoms with Crippen LogP contribution in [0.3, 0.4) is 0 Å². The van der Waals surface area contributed by atoms with Crippen molar-refractivity contribution in [3.05, 3.63) is 166 Å². The van der Waals surface area contributed by atoms with Crippen LogP contribution in [0.2, 0.25) is 0 Å². The van der Waals surface area contributed by atoms with Gasteiger partial charge in [-0.15, -0.1) is 22.7 Å². The van der Waals surface area contributed by atoms with Crippen LogP contribution in [0.15, 0.2) is 121 Å². The van der Waals surface area contributed by atoms with Crippen molar-refractivity contribution >= 4 is 65.8 Å². The lowest BCUT2D eigenvalue weighted by Crippen LogP contribution is -1.87. The predicted molar refractivity (Wildman–Crippen MR) is 227 cm³/mol. The molecule has 0 atom stereocenters. The average molecular weight is 716 g/mol. The monoisotopic (exact) mass is 715 g/mol. The minimum atomic E-state index is 0.629.